The summed E-state index contributed by atoms with van der Waals surface area (Å²) in [5.74, 6) is -2.32. The van der Waals surface area contributed by atoms with E-state index in [1.165, 1.54) is 12.0 Å². The summed E-state index contributed by atoms with van der Waals surface area (Å²) in [5, 5.41) is 7.88. The predicted molar refractivity (Wildman–Crippen MR) is 143 cm³/mol. The molecule has 7 rings (SSSR count). The van der Waals surface area contributed by atoms with Crippen molar-refractivity contribution in [3.8, 4) is 5.75 Å². The number of para-hydroxylation sites is 1. The van der Waals surface area contributed by atoms with E-state index in [0.29, 0.717) is 34.1 Å². The molecule has 3 amide bonds. The van der Waals surface area contributed by atoms with Crippen molar-refractivity contribution in [2.75, 3.05) is 17.3 Å². The number of H-pyrrole nitrogens is 1. The second-order valence-electron chi connectivity index (χ2n) is 9.98. The number of methoxy groups -OCH3 is 1. The second kappa shape index (κ2) is 8.18. The average molecular weight is 527 g/mol. The van der Waals surface area contributed by atoms with Gasteiger partial charge in [-0.2, -0.15) is 0 Å². The van der Waals surface area contributed by atoms with E-state index >= 15 is 0 Å². The molecule has 3 N–H and O–H groups in total. The first-order valence-electron chi connectivity index (χ1n) is 12.4. The Morgan fingerprint density at radius 2 is 1.84 bits per heavy atom. The minimum Gasteiger partial charge on any atom is -0.497 e. The van der Waals surface area contributed by atoms with E-state index in [2.05, 4.69) is 15.6 Å². The Morgan fingerprint density at radius 1 is 1.00 bits per heavy atom. The first-order valence-corrected chi connectivity index (χ1v) is 12.8. The highest BCUT2D eigenvalue weighted by molar-refractivity contribution is 6.31. The molecule has 4 heterocycles. The predicted octanol–water partition coefficient (Wildman–Crippen LogP) is 4.00. The van der Waals surface area contributed by atoms with Crippen LogP contribution in [0.4, 0.5) is 11.4 Å². The molecule has 4 aromatic rings. The summed E-state index contributed by atoms with van der Waals surface area (Å²) < 4.78 is 5.34. The number of aromatic nitrogens is 1. The van der Waals surface area contributed by atoms with E-state index < -0.39 is 29.3 Å². The van der Waals surface area contributed by atoms with Crippen LogP contribution in [0.25, 0.3) is 10.9 Å². The average Bonchev–Trinajstić information content (AvgIpc) is 3.63. The van der Waals surface area contributed by atoms with Crippen LogP contribution >= 0.6 is 11.6 Å². The van der Waals surface area contributed by atoms with Gasteiger partial charge in [-0.3, -0.25) is 19.7 Å². The molecular weight excluding hydrogens is 504 g/mol. The van der Waals surface area contributed by atoms with Gasteiger partial charge in [0.15, 0.2) is 0 Å². The first kappa shape index (κ1) is 23.0. The number of carbonyl (C=O) groups is 3. The quantitative estimate of drug-likeness (QED) is 0.349. The van der Waals surface area contributed by atoms with Crippen molar-refractivity contribution in [3.05, 3.63) is 89.1 Å². The number of hydrogen-bond donors (Lipinski definition) is 3. The number of ether oxygens (including phenoxy) is 1. The van der Waals surface area contributed by atoms with Gasteiger partial charge in [0.05, 0.1) is 24.6 Å². The molecule has 2 saturated heterocycles. The molecule has 1 spiro atoms. The Balaban J connectivity index is 1.38. The molecule has 0 radical (unpaired) electrons. The van der Waals surface area contributed by atoms with Gasteiger partial charge < -0.3 is 15.0 Å². The zero-order chi connectivity index (χ0) is 26.2. The molecule has 0 bridgehead atoms. The Kier molecular flexibility index (Phi) is 4.95. The number of imide groups is 1. The fraction of sp³-hybridized carbons (Fsp3) is 0.207. The normalized spacial score (nSPS) is 25.8. The van der Waals surface area contributed by atoms with Crippen molar-refractivity contribution in [1.29, 1.82) is 0 Å². The number of hydrogen-bond acceptors (Lipinski definition) is 5. The zero-order valence-corrected chi connectivity index (χ0v) is 21.1. The molecule has 3 aliphatic rings. The summed E-state index contributed by atoms with van der Waals surface area (Å²) in [6, 6.07) is 19.4. The van der Waals surface area contributed by atoms with Crippen molar-refractivity contribution in [1.82, 2.24) is 10.3 Å². The summed E-state index contributed by atoms with van der Waals surface area (Å²) in [4.78, 5) is 46.5. The molecule has 8 nitrogen and oxygen atoms in total. The number of anilines is 2. The van der Waals surface area contributed by atoms with Crippen molar-refractivity contribution in [2.24, 2.45) is 11.8 Å². The lowest BCUT2D eigenvalue weighted by Crippen LogP contribution is -2.53. The van der Waals surface area contributed by atoms with E-state index in [9.17, 15) is 14.4 Å². The lowest BCUT2D eigenvalue weighted by molar-refractivity contribution is -0.130. The molecule has 2 fully saturated rings. The zero-order valence-electron chi connectivity index (χ0n) is 20.3. The van der Waals surface area contributed by atoms with Crippen LogP contribution in [0.3, 0.4) is 0 Å². The maximum atomic E-state index is 14.2. The fourth-order valence-corrected chi connectivity index (χ4v) is 6.66. The van der Waals surface area contributed by atoms with Gasteiger partial charge >= 0.3 is 0 Å². The number of nitrogens with one attached hydrogen (secondary N) is 3. The lowest BCUT2D eigenvalue weighted by atomic mass is 9.76. The van der Waals surface area contributed by atoms with Crippen molar-refractivity contribution < 1.29 is 19.1 Å². The Hall–Kier alpha value is -4.14. The van der Waals surface area contributed by atoms with Crippen molar-refractivity contribution in [3.63, 3.8) is 0 Å². The Bertz CT molecular complexity index is 1670. The number of halogens is 1. The van der Waals surface area contributed by atoms with E-state index in [1.54, 1.807) is 42.5 Å². The summed E-state index contributed by atoms with van der Waals surface area (Å²) in [5.41, 5.74) is 2.13. The van der Waals surface area contributed by atoms with Gasteiger partial charge in [-0.25, -0.2) is 4.90 Å². The van der Waals surface area contributed by atoms with E-state index in [0.717, 1.165) is 16.5 Å². The lowest BCUT2D eigenvalue weighted by Gasteiger charge is -2.29. The third kappa shape index (κ3) is 3.04. The third-order valence-corrected chi connectivity index (χ3v) is 8.34. The summed E-state index contributed by atoms with van der Waals surface area (Å²) in [7, 11) is 1.53. The molecule has 190 valence electrons. The maximum Gasteiger partial charge on any atom is 0.250 e. The van der Waals surface area contributed by atoms with Crippen LogP contribution in [0, 0.1) is 11.8 Å². The summed E-state index contributed by atoms with van der Waals surface area (Å²) in [6.07, 6.45) is 2.37. The molecule has 0 aliphatic carbocycles. The molecule has 9 heteroatoms. The SMILES string of the molecule is COc1cccc(N2C(=O)[C@@H]3[C@H](Cc4c[nH]c5ccccc45)N[C@@]4(C(=O)Nc5ccc(Cl)cc54)[C@@H]3C2=O)c1. The number of benzene rings is 3. The Labute approximate surface area is 222 Å². The Morgan fingerprint density at radius 3 is 2.68 bits per heavy atom. The van der Waals surface area contributed by atoms with Crippen LogP contribution in [0.15, 0.2) is 72.9 Å². The van der Waals surface area contributed by atoms with Gasteiger partial charge in [-0.05, 0) is 48.4 Å². The smallest absolute Gasteiger partial charge is 0.250 e. The number of nitrogens with zero attached hydrogens (tertiary/aromatic N) is 1. The summed E-state index contributed by atoms with van der Waals surface area (Å²) in [6.45, 7) is 0. The highest BCUT2D eigenvalue weighted by atomic mass is 35.5. The van der Waals surface area contributed by atoms with Gasteiger partial charge in [-0.1, -0.05) is 35.9 Å². The van der Waals surface area contributed by atoms with Crippen LogP contribution in [0.1, 0.15) is 11.1 Å². The molecule has 38 heavy (non-hydrogen) atoms. The molecule has 1 aromatic heterocycles. The fourth-order valence-electron chi connectivity index (χ4n) is 6.49. The van der Waals surface area contributed by atoms with E-state index in [1.807, 2.05) is 30.5 Å². The second-order valence-corrected chi connectivity index (χ2v) is 10.4. The van der Waals surface area contributed by atoms with Crippen molar-refractivity contribution >= 4 is 51.6 Å². The monoisotopic (exact) mass is 526 g/mol. The molecule has 0 unspecified atom stereocenters. The van der Waals surface area contributed by atoms with Crippen LogP contribution in [0.2, 0.25) is 5.02 Å². The van der Waals surface area contributed by atoms with Gasteiger partial charge in [0.1, 0.15) is 11.3 Å². The molecule has 3 aliphatic heterocycles. The highest BCUT2D eigenvalue weighted by Crippen LogP contribution is 2.54. The standard InChI is InChI=1S/C29H23ClN4O4/c1-38-18-6-4-5-17(13-18)34-26(35)24-23(11-15-14-31-21-8-3-2-7-19(15)21)33-29(25(24)27(34)36)20-12-16(30)9-10-22(20)32-28(29)37/h2-10,12-14,23-25,31,33H,11H2,1H3,(H,32,37)/t23-,24+,25-,29+/m0/s1. The summed E-state index contributed by atoms with van der Waals surface area (Å²) >= 11 is 6.37. The number of carbonyl (C=O) groups excluding carboxylic acids is 3. The van der Waals surface area contributed by atoms with Gasteiger partial charge in [0.2, 0.25) is 17.7 Å². The topological polar surface area (TPSA) is 104 Å². The van der Waals surface area contributed by atoms with Crippen LogP contribution in [0.5, 0.6) is 5.75 Å². The third-order valence-electron chi connectivity index (χ3n) is 8.10. The molecule has 4 atom stereocenters. The molecular formula is C29H23ClN4O4. The number of rotatable bonds is 4. The largest absolute Gasteiger partial charge is 0.497 e. The van der Waals surface area contributed by atoms with E-state index in [4.69, 9.17) is 16.3 Å². The van der Waals surface area contributed by atoms with Gasteiger partial charge in [-0.15, -0.1) is 0 Å². The van der Waals surface area contributed by atoms with E-state index in [-0.39, 0.29) is 11.8 Å². The van der Waals surface area contributed by atoms with Crippen molar-refractivity contribution in [2.45, 2.75) is 18.0 Å². The minimum atomic E-state index is -1.43. The molecule has 0 saturated carbocycles. The number of amides is 3. The molecule has 3 aromatic carbocycles. The number of aromatic amines is 1. The van der Waals surface area contributed by atoms with Crippen LogP contribution < -0.4 is 20.3 Å². The first-order chi connectivity index (χ1) is 18.4. The van der Waals surface area contributed by atoms with Gasteiger partial charge in [0.25, 0.3) is 0 Å². The van der Waals surface area contributed by atoms with Crippen LogP contribution in [-0.4, -0.2) is 35.9 Å². The maximum absolute atomic E-state index is 14.2. The highest BCUT2D eigenvalue weighted by Gasteiger charge is 2.70. The van der Waals surface area contributed by atoms with Crippen LogP contribution in [-0.2, 0) is 26.3 Å². The number of fused-ring (bicyclic) bond motifs is 5. The minimum absolute atomic E-state index is 0.342. The van der Waals surface area contributed by atoms with Gasteiger partial charge in [0, 0.05) is 45.5 Å².